The van der Waals surface area contributed by atoms with E-state index >= 15 is 0 Å². The molecule has 2 rings (SSSR count). The van der Waals surface area contributed by atoms with E-state index in [1.54, 1.807) is 0 Å². The molecule has 0 N–H and O–H groups in total. The van der Waals surface area contributed by atoms with Gasteiger partial charge in [0, 0.05) is 0 Å². The first-order valence-corrected chi connectivity index (χ1v) is 4.97. The van der Waals surface area contributed by atoms with Crippen molar-refractivity contribution in [2.24, 2.45) is 0 Å². The maximum absolute atomic E-state index is 13.3. The molecular weight excluding hydrogens is 202 g/mol. The summed E-state index contributed by atoms with van der Waals surface area (Å²) in [6.45, 7) is 0.335. The van der Waals surface area contributed by atoms with Crippen LogP contribution < -0.4 is 10.2 Å². The standard InChI is InChI=1S/C13H10BFO/c14-11-6-7-12(15)13(8-11)16-9-10-4-2-1-3-5-10/h1-8H,9H2. The SMILES string of the molecule is [B]c1ccc(F)c(OCc2ccccc2)c1. The Morgan fingerprint density at radius 1 is 1.06 bits per heavy atom. The van der Waals surface area contributed by atoms with E-state index in [9.17, 15) is 4.39 Å². The summed E-state index contributed by atoms with van der Waals surface area (Å²) in [5.41, 5.74) is 1.48. The Balaban J connectivity index is 2.08. The van der Waals surface area contributed by atoms with Gasteiger partial charge in [-0.15, -0.1) is 0 Å². The summed E-state index contributed by atoms with van der Waals surface area (Å²) < 4.78 is 18.6. The van der Waals surface area contributed by atoms with Crippen LogP contribution in [0.5, 0.6) is 5.75 Å². The largest absolute Gasteiger partial charge is 0.486 e. The minimum Gasteiger partial charge on any atom is -0.486 e. The van der Waals surface area contributed by atoms with Gasteiger partial charge in [-0.05, 0) is 17.7 Å². The van der Waals surface area contributed by atoms with Gasteiger partial charge >= 0.3 is 0 Å². The van der Waals surface area contributed by atoms with Crippen molar-refractivity contribution >= 4 is 13.3 Å². The summed E-state index contributed by atoms with van der Waals surface area (Å²) in [6.07, 6.45) is 0. The van der Waals surface area contributed by atoms with Crippen LogP contribution in [-0.4, -0.2) is 7.85 Å². The van der Waals surface area contributed by atoms with Crippen LogP contribution in [0.2, 0.25) is 0 Å². The zero-order valence-electron chi connectivity index (χ0n) is 8.69. The summed E-state index contributed by atoms with van der Waals surface area (Å²) in [4.78, 5) is 0. The third-order valence-corrected chi connectivity index (χ3v) is 2.19. The zero-order valence-corrected chi connectivity index (χ0v) is 8.69. The molecule has 0 saturated carbocycles. The first-order valence-electron chi connectivity index (χ1n) is 4.97. The average molecular weight is 212 g/mol. The van der Waals surface area contributed by atoms with Crippen molar-refractivity contribution in [2.75, 3.05) is 0 Å². The fraction of sp³-hybridized carbons (Fsp3) is 0.0769. The molecule has 16 heavy (non-hydrogen) atoms. The third kappa shape index (κ3) is 2.63. The Kier molecular flexibility index (Phi) is 3.25. The molecule has 0 heterocycles. The van der Waals surface area contributed by atoms with Gasteiger partial charge in [0.1, 0.15) is 14.5 Å². The van der Waals surface area contributed by atoms with Crippen molar-refractivity contribution in [2.45, 2.75) is 6.61 Å². The van der Waals surface area contributed by atoms with Gasteiger partial charge in [-0.1, -0.05) is 41.9 Å². The van der Waals surface area contributed by atoms with Crippen LogP contribution in [0.15, 0.2) is 48.5 Å². The Bertz CT molecular complexity index is 471. The zero-order chi connectivity index (χ0) is 11.4. The lowest BCUT2D eigenvalue weighted by molar-refractivity contribution is 0.290. The highest BCUT2D eigenvalue weighted by atomic mass is 19.1. The number of benzene rings is 2. The molecule has 78 valence electrons. The molecule has 0 aromatic heterocycles. The van der Waals surface area contributed by atoms with Gasteiger partial charge in [0.2, 0.25) is 0 Å². The van der Waals surface area contributed by atoms with Gasteiger partial charge in [0.05, 0.1) is 0 Å². The predicted octanol–water partition coefficient (Wildman–Crippen LogP) is 2.20. The van der Waals surface area contributed by atoms with Crippen LogP contribution in [0.25, 0.3) is 0 Å². The molecule has 1 nitrogen and oxygen atoms in total. The lowest BCUT2D eigenvalue weighted by Gasteiger charge is -2.08. The quantitative estimate of drug-likeness (QED) is 0.708. The molecule has 2 aromatic rings. The fourth-order valence-electron chi connectivity index (χ4n) is 1.37. The highest BCUT2D eigenvalue weighted by Gasteiger charge is 2.02. The second kappa shape index (κ2) is 4.84. The highest BCUT2D eigenvalue weighted by molar-refractivity contribution is 6.32. The molecule has 3 heteroatoms. The van der Waals surface area contributed by atoms with Crippen LogP contribution in [0.3, 0.4) is 0 Å². The van der Waals surface area contributed by atoms with Crippen LogP contribution in [0.4, 0.5) is 4.39 Å². The molecule has 0 aliphatic heterocycles. The lowest BCUT2D eigenvalue weighted by Crippen LogP contribution is -2.05. The van der Waals surface area contributed by atoms with E-state index in [-0.39, 0.29) is 5.75 Å². The van der Waals surface area contributed by atoms with Gasteiger partial charge < -0.3 is 4.74 Å². The van der Waals surface area contributed by atoms with Crippen molar-refractivity contribution in [3.63, 3.8) is 0 Å². The maximum atomic E-state index is 13.3. The van der Waals surface area contributed by atoms with Gasteiger partial charge in [-0.3, -0.25) is 0 Å². The van der Waals surface area contributed by atoms with E-state index in [0.717, 1.165) is 5.56 Å². The normalized spacial score (nSPS) is 10.1. The minimum atomic E-state index is -0.398. The highest BCUT2D eigenvalue weighted by Crippen LogP contribution is 2.15. The molecule has 0 unspecified atom stereocenters. The molecule has 0 amide bonds. The minimum absolute atomic E-state index is 0.184. The number of halogens is 1. The van der Waals surface area contributed by atoms with Crippen LogP contribution in [0, 0.1) is 5.82 Å². The Hall–Kier alpha value is -1.77. The number of ether oxygens (including phenoxy) is 1. The summed E-state index contributed by atoms with van der Waals surface area (Å²) >= 11 is 0. The molecule has 0 spiro atoms. The van der Waals surface area contributed by atoms with Crippen LogP contribution in [-0.2, 0) is 6.61 Å². The summed E-state index contributed by atoms with van der Waals surface area (Å²) in [5, 5.41) is 0. The Labute approximate surface area is 95.3 Å². The molecule has 0 fully saturated rings. The van der Waals surface area contributed by atoms with Crippen LogP contribution >= 0.6 is 0 Å². The topological polar surface area (TPSA) is 9.23 Å². The first-order chi connectivity index (χ1) is 7.75. The first kappa shape index (κ1) is 10.7. The molecule has 0 aliphatic carbocycles. The van der Waals surface area contributed by atoms with E-state index in [4.69, 9.17) is 12.6 Å². The molecule has 0 bridgehead atoms. The summed E-state index contributed by atoms with van der Waals surface area (Å²) in [7, 11) is 5.55. The fourth-order valence-corrected chi connectivity index (χ4v) is 1.37. The summed E-state index contributed by atoms with van der Waals surface area (Å²) in [5.74, 6) is -0.214. The van der Waals surface area contributed by atoms with E-state index < -0.39 is 5.82 Å². The van der Waals surface area contributed by atoms with E-state index in [1.165, 1.54) is 18.2 Å². The third-order valence-electron chi connectivity index (χ3n) is 2.19. The van der Waals surface area contributed by atoms with Crippen molar-refractivity contribution in [3.8, 4) is 5.75 Å². The molecule has 0 aliphatic rings. The van der Waals surface area contributed by atoms with Crippen molar-refractivity contribution in [3.05, 3.63) is 59.9 Å². The summed E-state index contributed by atoms with van der Waals surface area (Å²) in [6, 6.07) is 13.9. The predicted molar refractivity (Wildman–Crippen MR) is 62.6 cm³/mol. The van der Waals surface area contributed by atoms with E-state index in [0.29, 0.717) is 12.1 Å². The molecule has 2 aromatic carbocycles. The van der Waals surface area contributed by atoms with Crippen molar-refractivity contribution < 1.29 is 9.13 Å². The second-order valence-electron chi connectivity index (χ2n) is 3.46. The number of rotatable bonds is 3. The van der Waals surface area contributed by atoms with E-state index in [1.807, 2.05) is 30.3 Å². The number of hydrogen-bond acceptors (Lipinski definition) is 1. The Morgan fingerprint density at radius 2 is 1.81 bits per heavy atom. The van der Waals surface area contributed by atoms with Gasteiger partial charge in [-0.2, -0.15) is 0 Å². The smallest absolute Gasteiger partial charge is 0.165 e. The lowest BCUT2D eigenvalue weighted by atomic mass is 9.96. The molecular formula is C13H10BFO. The van der Waals surface area contributed by atoms with Gasteiger partial charge in [-0.25, -0.2) is 4.39 Å². The van der Waals surface area contributed by atoms with E-state index in [2.05, 4.69) is 0 Å². The van der Waals surface area contributed by atoms with Gasteiger partial charge in [0.25, 0.3) is 0 Å². The van der Waals surface area contributed by atoms with Crippen molar-refractivity contribution in [1.29, 1.82) is 0 Å². The molecule has 0 atom stereocenters. The maximum Gasteiger partial charge on any atom is 0.165 e. The monoisotopic (exact) mass is 212 g/mol. The second-order valence-corrected chi connectivity index (χ2v) is 3.46. The molecule has 2 radical (unpaired) electrons. The van der Waals surface area contributed by atoms with Gasteiger partial charge in [0.15, 0.2) is 11.6 Å². The Morgan fingerprint density at radius 3 is 2.56 bits per heavy atom. The van der Waals surface area contributed by atoms with Crippen molar-refractivity contribution in [1.82, 2.24) is 0 Å². The van der Waals surface area contributed by atoms with Crippen LogP contribution in [0.1, 0.15) is 5.56 Å². The molecule has 0 saturated heterocycles. The number of hydrogen-bond donors (Lipinski definition) is 0. The average Bonchev–Trinajstić information content (AvgIpc) is 2.32.